The van der Waals surface area contributed by atoms with E-state index >= 15 is 0 Å². The number of carboxylic acid groups (broad SMARTS) is 1. The lowest BCUT2D eigenvalue weighted by molar-refractivity contribution is -0.138. The highest BCUT2D eigenvalue weighted by Crippen LogP contribution is 2.37. The Morgan fingerprint density at radius 2 is 1.71 bits per heavy atom. The number of imidazole rings is 1. The normalized spacial score (nSPS) is 18.5. The van der Waals surface area contributed by atoms with Gasteiger partial charge in [-0.3, -0.25) is 9.78 Å². The topological polar surface area (TPSA) is 113 Å². The zero-order valence-corrected chi connectivity index (χ0v) is 20.3. The maximum atomic E-state index is 11.8. The van der Waals surface area contributed by atoms with E-state index in [1.54, 1.807) is 18.2 Å². The zero-order chi connectivity index (χ0) is 24.6. The summed E-state index contributed by atoms with van der Waals surface area (Å²) in [5.74, 6) is 0.692. The molecule has 5 rings (SSSR count). The molecule has 8 heteroatoms. The molecule has 2 aromatic heterocycles. The number of fused-ring (bicyclic) bond motifs is 1. The Hall–Kier alpha value is -3.52. The molecule has 0 radical (unpaired) electrons. The Labute approximate surface area is 204 Å². The number of carboxylic acids is 1. The second-order valence-electron chi connectivity index (χ2n) is 9.41. The Morgan fingerprint density at radius 3 is 2.34 bits per heavy atom. The van der Waals surface area contributed by atoms with Crippen molar-refractivity contribution >= 4 is 26.8 Å². The van der Waals surface area contributed by atoms with Gasteiger partial charge in [0.05, 0.1) is 15.9 Å². The van der Waals surface area contributed by atoms with Crippen LogP contribution in [0, 0.1) is 5.92 Å². The molecule has 35 heavy (non-hydrogen) atoms. The largest absolute Gasteiger partial charge is 0.481 e. The zero-order valence-electron chi connectivity index (χ0n) is 19.4. The average molecular weight is 490 g/mol. The molecule has 4 aromatic rings. The fourth-order valence-corrected chi connectivity index (χ4v) is 5.59. The van der Waals surface area contributed by atoms with Crippen molar-refractivity contribution in [1.29, 1.82) is 0 Å². The fourth-order valence-electron chi connectivity index (χ4n) is 4.94. The first kappa shape index (κ1) is 23.2. The van der Waals surface area contributed by atoms with Crippen LogP contribution in [0.15, 0.2) is 65.7 Å². The van der Waals surface area contributed by atoms with Crippen LogP contribution in [0.1, 0.15) is 43.6 Å². The third-order valence-corrected chi connectivity index (χ3v) is 8.02. The number of rotatable bonds is 6. The maximum Gasteiger partial charge on any atom is 0.303 e. The van der Waals surface area contributed by atoms with Crippen LogP contribution in [0.5, 0.6) is 0 Å². The Bertz CT molecular complexity index is 1470. The highest BCUT2D eigenvalue weighted by Gasteiger charge is 2.24. The van der Waals surface area contributed by atoms with E-state index in [2.05, 4.69) is 39.2 Å². The second-order valence-corrected chi connectivity index (χ2v) is 11.4. The van der Waals surface area contributed by atoms with E-state index in [-0.39, 0.29) is 11.3 Å². The number of benzene rings is 2. The minimum Gasteiger partial charge on any atom is -0.481 e. The van der Waals surface area contributed by atoms with Crippen LogP contribution < -0.4 is 0 Å². The molecule has 7 nitrogen and oxygen atoms in total. The maximum absolute atomic E-state index is 11.8. The molecule has 1 aliphatic rings. The molecule has 0 atom stereocenters. The molecule has 0 spiro atoms. The van der Waals surface area contributed by atoms with Crippen molar-refractivity contribution in [2.75, 3.05) is 6.26 Å². The molecule has 0 saturated heterocycles. The third kappa shape index (κ3) is 5.12. The average Bonchev–Trinajstić information content (AvgIpc) is 3.28. The number of hydrogen-bond donors (Lipinski definition) is 2. The van der Waals surface area contributed by atoms with Gasteiger partial charge in [-0.1, -0.05) is 30.3 Å². The van der Waals surface area contributed by atoms with Crippen LogP contribution in [0.2, 0.25) is 0 Å². The smallest absolute Gasteiger partial charge is 0.303 e. The summed E-state index contributed by atoms with van der Waals surface area (Å²) in [4.78, 5) is 23.5. The number of carbonyl (C=O) groups is 1. The predicted octanol–water partition coefficient (Wildman–Crippen LogP) is 5.44. The summed E-state index contributed by atoms with van der Waals surface area (Å²) >= 11 is 0. The Kier molecular flexibility index (Phi) is 6.15. The van der Waals surface area contributed by atoms with Gasteiger partial charge in [0.25, 0.3) is 0 Å². The van der Waals surface area contributed by atoms with E-state index in [1.807, 2.05) is 18.3 Å². The lowest BCUT2D eigenvalue weighted by atomic mass is 9.77. The molecule has 180 valence electrons. The van der Waals surface area contributed by atoms with E-state index in [4.69, 9.17) is 5.11 Å². The van der Waals surface area contributed by atoms with Crippen LogP contribution in [-0.4, -0.2) is 40.7 Å². The number of aliphatic carboxylic acids is 1. The monoisotopic (exact) mass is 489 g/mol. The number of nitrogens with zero attached hydrogens (tertiary/aromatic N) is 2. The minimum atomic E-state index is -3.29. The third-order valence-electron chi connectivity index (χ3n) is 6.91. The summed E-state index contributed by atoms with van der Waals surface area (Å²) in [6, 6.07) is 17.3. The van der Waals surface area contributed by atoms with Gasteiger partial charge >= 0.3 is 5.97 Å². The van der Waals surface area contributed by atoms with Crippen molar-refractivity contribution in [2.45, 2.75) is 42.9 Å². The van der Waals surface area contributed by atoms with Crippen molar-refractivity contribution in [3.63, 3.8) is 0 Å². The van der Waals surface area contributed by atoms with E-state index in [0.29, 0.717) is 34.4 Å². The second kappa shape index (κ2) is 9.26. The summed E-state index contributed by atoms with van der Waals surface area (Å²) < 4.78 is 23.6. The molecule has 2 N–H and O–H groups in total. The molecule has 1 saturated carbocycles. The van der Waals surface area contributed by atoms with Crippen molar-refractivity contribution in [1.82, 2.24) is 15.0 Å². The van der Waals surface area contributed by atoms with Crippen molar-refractivity contribution in [3.8, 4) is 22.6 Å². The first-order valence-corrected chi connectivity index (χ1v) is 13.6. The predicted molar refractivity (Wildman–Crippen MR) is 135 cm³/mol. The highest BCUT2D eigenvalue weighted by molar-refractivity contribution is 7.90. The summed E-state index contributed by atoms with van der Waals surface area (Å²) in [6.07, 6.45) is 7.31. The lowest BCUT2D eigenvalue weighted by Crippen LogP contribution is -2.16. The number of aromatic nitrogens is 3. The molecule has 0 amide bonds. The minimum absolute atomic E-state index is 0.250. The van der Waals surface area contributed by atoms with Gasteiger partial charge in [-0.25, -0.2) is 13.4 Å². The van der Waals surface area contributed by atoms with Gasteiger partial charge in [-0.15, -0.1) is 0 Å². The van der Waals surface area contributed by atoms with Crippen molar-refractivity contribution in [3.05, 3.63) is 66.4 Å². The molecule has 1 fully saturated rings. The number of pyridine rings is 1. The summed E-state index contributed by atoms with van der Waals surface area (Å²) in [7, 11) is -3.29. The lowest BCUT2D eigenvalue weighted by Gasteiger charge is -2.28. The van der Waals surface area contributed by atoms with Crippen molar-refractivity contribution in [2.24, 2.45) is 5.92 Å². The fraction of sp³-hybridized carbons (Fsp3) is 0.296. The standard InChI is InChI=1S/C27H27N3O4S/c1-35(33,34)22-11-13-23-25(15-22)30-27(29-23)24-12-10-21(16-28-24)20-8-6-19(7-9-20)18-4-2-17(3-5-18)14-26(31)32/h6-13,15-18H,2-5,14H2,1H3,(H,29,30)(H,31,32). The van der Waals surface area contributed by atoms with E-state index in [9.17, 15) is 13.2 Å². The van der Waals surface area contributed by atoms with Crippen LogP contribution in [0.4, 0.5) is 0 Å². The van der Waals surface area contributed by atoms with E-state index < -0.39 is 15.8 Å². The summed E-state index contributed by atoms with van der Waals surface area (Å²) in [5, 5.41) is 9.01. The number of hydrogen-bond acceptors (Lipinski definition) is 5. The van der Waals surface area contributed by atoms with Gasteiger partial charge < -0.3 is 10.1 Å². The molecule has 0 aliphatic heterocycles. The SMILES string of the molecule is CS(=O)(=O)c1ccc2nc(-c3ccc(-c4ccc(C5CCC(CC(=O)O)CC5)cc4)cn3)[nH]c2c1. The molecule has 0 bridgehead atoms. The Morgan fingerprint density at radius 1 is 1.00 bits per heavy atom. The summed E-state index contributed by atoms with van der Waals surface area (Å²) in [6.45, 7) is 0. The van der Waals surface area contributed by atoms with Gasteiger partial charge in [0.1, 0.15) is 5.69 Å². The first-order valence-electron chi connectivity index (χ1n) is 11.7. The van der Waals surface area contributed by atoms with Gasteiger partial charge in [0.15, 0.2) is 15.7 Å². The van der Waals surface area contributed by atoms with Gasteiger partial charge in [-0.05, 0) is 72.9 Å². The summed E-state index contributed by atoms with van der Waals surface area (Å²) in [5.41, 5.74) is 5.41. The van der Waals surface area contributed by atoms with E-state index in [1.165, 1.54) is 11.8 Å². The molecule has 0 unspecified atom stereocenters. The highest BCUT2D eigenvalue weighted by atomic mass is 32.2. The quantitative estimate of drug-likeness (QED) is 0.373. The van der Waals surface area contributed by atoms with Crippen molar-refractivity contribution < 1.29 is 18.3 Å². The molecular formula is C27H27N3O4S. The number of H-pyrrole nitrogens is 1. The number of nitrogens with one attached hydrogen (secondary N) is 1. The van der Waals surface area contributed by atoms with Gasteiger partial charge in [-0.2, -0.15) is 0 Å². The first-order chi connectivity index (χ1) is 16.8. The van der Waals surface area contributed by atoms with Crippen LogP contribution in [0.3, 0.4) is 0 Å². The molecule has 2 aromatic carbocycles. The van der Waals surface area contributed by atoms with Gasteiger partial charge in [0, 0.05) is 24.4 Å². The molecule has 1 aliphatic carbocycles. The van der Waals surface area contributed by atoms with Crippen LogP contribution in [-0.2, 0) is 14.6 Å². The van der Waals surface area contributed by atoms with Gasteiger partial charge in [0.2, 0.25) is 0 Å². The molecule has 2 heterocycles. The Balaban J connectivity index is 1.29. The van der Waals surface area contributed by atoms with E-state index in [0.717, 1.165) is 36.8 Å². The number of sulfone groups is 1. The van der Waals surface area contributed by atoms with Crippen LogP contribution in [0.25, 0.3) is 33.7 Å². The number of aromatic amines is 1. The molecular weight excluding hydrogens is 462 g/mol. The van der Waals surface area contributed by atoms with Crippen LogP contribution >= 0.6 is 0 Å².